The topological polar surface area (TPSA) is 46.3 Å². The highest BCUT2D eigenvalue weighted by Crippen LogP contribution is 2.19. The summed E-state index contributed by atoms with van der Waals surface area (Å²) >= 11 is 0. The Balaban J connectivity index is 1.95. The van der Waals surface area contributed by atoms with Crippen molar-refractivity contribution in [3.05, 3.63) is 119 Å². The van der Waals surface area contributed by atoms with E-state index >= 15 is 0 Å². The van der Waals surface area contributed by atoms with Crippen LogP contribution >= 0.6 is 0 Å². The van der Waals surface area contributed by atoms with Crippen molar-refractivity contribution in [3.63, 3.8) is 0 Å². The monoisotopic (exact) mass is 426 g/mol. The van der Waals surface area contributed by atoms with Crippen LogP contribution in [0.25, 0.3) is 0 Å². The SMILES string of the molecule is CC(C)CC(N)=CC(=O)[C@H](Cc1ccccc1)N(Cc1ccccc1)Cc1ccccc1. The molecule has 3 heteroatoms. The Morgan fingerprint density at radius 1 is 0.781 bits per heavy atom. The minimum atomic E-state index is -0.302. The molecule has 0 spiro atoms. The van der Waals surface area contributed by atoms with E-state index in [0.717, 1.165) is 12.0 Å². The summed E-state index contributed by atoms with van der Waals surface area (Å²) in [4.78, 5) is 15.8. The minimum absolute atomic E-state index is 0.0684. The fourth-order valence-corrected chi connectivity index (χ4v) is 3.97. The van der Waals surface area contributed by atoms with Crippen molar-refractivity contribution in [2.45, 2.75) is 45.8 Å². The second-order valence-corrected chi connectivity index (χ2v) is 8.80. The molecule has 0 aromatic heterocycles. The molecular weight excluding hydrogens is 392 g/mol. The van der Waals surface area contributed by atoms with E-state index in [0.29, 0.717) is 31.1 Å². The summed E-state index contributed by atoms with van der Waals surface area (Å²) in [5, 5.41) is 0. The highest BCUT2D eigenvalue weighted by Gasteiger charge is 2.26. The van der Waals surface area contributed by atoms with Gasteiger partial charge in [0, 0.05) is 24.9 Å². The Bertz CT molecular complexity index is 940. The van der Waals surface area contributed by atoms with Gasteiger partial charge in [-0.05, 0) is 35.4 Å². The van der Waals surface area contributed by atoms with E-state index in [1.807, 2.05) is 54.6 Å². The molecule has 0 unspecified atom stereocenters. The molecule has 1 atom stereocenters. The van der Waals surface area contributed by atoms with E-state index in [-0.39, 0.29) is 11.8 Å². The first-order chi connectivity index (χ1) is 15.5. The first kappa shape index (κ1) is 23.5. The number of rotatable bonds is 11. The van der Waals surface area contributed by atoms with Gasteiger partial charge >= 0.3 is 0 Å². The van der Waals surface area contributed by atoms with Crippen molar-refractivity contribution in [3.8, 4) is 0 Å². The summed E-state index contributed by atoms with van der Waals surface area (Å²) in [6, 6.07) is 30.6. The van der Waals surface area contributed by atoms with Crippen LogP contribution in [0.4, 0.5) is 0 Å². The number of nitrogens with zero attached hydrogens (tertiary/aromatic N) is 1. The van der Waals surface area contributed by atoms with E-state index in [2.05, 4.69) is 55.1 Å². The van der Waals surface area contributed by atoms with Gasteiger partial charge < -0.3 is 5.73 Å². The van der Waals surface area contributed by atoms with Crippen LogP contribution in [0.15, 0.2) is 103 Å². The molecule has 0 saturated heterocycles. The smallest absolute Gasteiger partial charge is 0.174 e. The number of ketones is 1. The van der Waals surface area contributed by atoms with Crippen LogP contribution in [0.5, 0.6) is 0 Å². The number of carbonyl (C=O) groups is 1. The normalized spacial score (nSPS) is 12.8. The van der Waals surface area contributed by atoms with Crippen molar-refractivity contribution >= 4 is 5.78 Å². The van der Waals surface area contributed by atoms with Crippen LogP contribution in [0.3, 0.4) is 0 Å². The Hall–Kier alpha value is -3.17. The van der Waals surface area contributed by atoms with E-state index in [1.54, 1.807) is 6.08 Å². The minimum Gasteiger partial charge on any atom is -0.402 e. The largest absolute Gasteiger partial charge is 0.402 e. The molecule has 3 aromatic rings. The fourth-order valence-electron chi connectivity index (χ4n) is 3.97. The number of hydrogen-bond donors (Lipinski definition) is 1. The number of benzene rings is 3. The molecule has 0 aliphatic heterocycles. The highest BCUT2D eigenvalue weighted by molar-refractivity contribution is 5.95. The first-order valence-electron chi connectivity index (χ1n) is 11.4. The molecule has 0 aliphatic carbocycles. The summed E-state index contributed by atoms with van der Waals surface area (Å²) in [6.45, 7) is 5.61. The first-order valence-corrected chi connectivity index (χ1v) is 11.4. The van der Waals surface area contributed by atoms with Gasteiger partial charge in [-0.2, -0.15) is 0 Å². The number of nitrogens with two attached hydrogens (primary N) is 1. The summed E-state index contributed by atoms with van der Waals surface area (Å²) in [6.07, 6.45) is 3.03. The molecule has 0 bridgehead atoms. The lowest BCUT2D eigenvalue weighted by atomic mass is 9.97. The van der Waals surface area contributed by atoms with Crippen molar-refractivity contribution in [2.24, 2.45) is 11.7 Å². The van der Waals surface area contributed by atoms with Gasteiger partial charge in [0.05, 0.1) is 6.04 Å². The van der Waals surface area contributed by atoms with Gasteiger partial charge in [-0.15, -0.1) is 0 Å². The lowest BCUT2D eigenvalue weighted by Crippen LogP contribution is -2.41. The molecular formula is C29H34N2O. The maximum atomic E-state index is 13.6. The summed E-state index contributed by atoms with van der Waals surface area (Å²) in [5.74, 6) is 0.482. The third kappa shape index (κ3) is 7.51. The molecule has 3 rings (SSSR count). The predicted octanol–water partition coefficient (Wildman–Crippen LogP) is 5.76. The summed E-state index contributed by atoms with van der Waals surface area (Å²) in [7, 11) is 0. The second kappa shape index (κ2) is 12.0. The Morgan fingerprint density at radius 3 is 1.66 bits per heavy atom. The van der Waals surface area contributed by atoms with Crippen LogP contribution in [-0.2, 0) is 24.3 Å². The average molecular weight is 427 g/mol. The van der Waals surface area contributed by atoms with Crippen molar-refractivity contribution < 1.29 is 4.79 Å². The zero-order chi connectivity index (χ0) is 22.8. The number of allylic oxidation sites excluding steroid dienone is 1. The van der Waals surface area contributed by atoms with Gasteiger partial charge in [0.2, 0.25) is 0 Å². The Kier molecular flexibility index (Phi) is 8.82. The van der Waals surface area contributed by atoms with Crippen LogP contribution in [0, 0.1) is 5.92 Å². The molecule has 0 saturated carbocycles. The zero-order valence-corrected chi connectivity index (χ0v) is 19.2. The van der Waals surface area contributed by atoms with Crippen LogP contribution < -0.4 is 5.73 Å². The van der Waals surface area contributed by atoms with Gasteiger partial charge in [-0.25, -0.2) is 0 Å². The molecule has 32 heavy (non-hydrogen) atoms. The fraction of sp³-hybridized carbons (Fsp3) is 0.276. The zero-order valence-electron chi connectivity index (χ0n) is 19.2. The lowest BCUT2D eigenvalue weighted by molar-refractivity contribution is -0.120. The average Bonchev–Trinajstić information content (AvgIpc) is 2.78. The van der Waals surface area contributed by atoms with Crippen molar-refractivity contribution in [2.75, 3.05) is 0 Å². The number of carbonyl (C=O) groups excluding carboxylic acids is 1. The molecule has 2 N–H and O–H groups in total. The van der Waals surface area contributed by atoms with Gasteiger partial charge in [-0.1, -0.05) is 105 Å². The van der Waals surface area contributed by atoms with Crippen molar-refractivity contribution in [1.82, 2.24) is 4.90 Å². The molecule has 0 aliphatic rings. The lowest BCUT2D eigenvalue weighted by Gasteiger charge is -2.31. The quantitative estimate of drug-likeness (QED) is 0.397. The molecule has 0 fully saturated rings. The molecule has 0 radical (unpaired) electrons. The van der Waals surface area contributed by atoms with Crippen LogP contribution in [0.1, 0.15) is 37.0 Å². The third-order valence-corrected chi connectivity index (χ3v) is 5.47. The van der Waals surface area contributed by atoms with Gasteiger partial charge in [0.25, 0.3) is 0 Å². The third-order valence-electron chi connectivity index (χ3n) is 5.47. The Labute approximate surface area is 192 Å². The van der Waals surface area contributed by atoms with E-state index in [1.165, 1.54) is 11.1 Å². The van der Waals surface area contributed by atoms with E-state index in [4.69, 9.17) is 5.73 Å². The molecule has 3 aromatic carbocycles. The predicted molar refractivity (Wildman–Crippen MR) is 133 cm³/mol. The standard InChI is InChI=1S/C29H34N2O/c1-23(2)18-27(30)20-29(32)28(19-24-12-6-3-7-13-24)31(21-25-14-8-4-9-15-25)22-26-16-10-5-11-17-26/h3-17,20,23,28H,18-19,21-22,30H2,1-2H3/t28-/m0/s1. The van der Waals surface area contributed by atoms with Crippen molar-refractivity contribution in [1.29, 1.82) is 0 Å². The maximum Gasteiger partial charge on any atom is 0.174 e. The maximum absolute atomic E-state index is 13.6. The molecule has 0 amide bonds. The number of hydrogen-bond acceptors (Lipinski definition) is 3. The van der Waals surface area contributed by atoms with Crippen LogP contribution in [0.2, 0.25) is 0 Å². The van der Waals surface area contributed by atoms with Crippen LogP contribution in [-0.4, -0.2) is 16.7 Å². The summed E-state index contributed by atoms with van der Waals surface area (Å²) < 4.78 is 0. The molecule has 3 nitrogen and oxygen atoms in total. The van der Waals surface area contributed by atoms with E-state index in [9.17, 15) is 4.79 Å². The second-order valence-electron chi connectivity index (χ2n) is 8.80. The van der Waals surface area contributed by atoms with E-state index < -0.39 is 0 Å². The highest BCUT2D eigenvalue weighted by atomic mass is 16.1. The van der Waals surface area contributed by atoms with Gasteiger partial charge in [0.15, 0.2) is 5.78 Å². The summed E-state index contributed by atoms with van der Waals surface area (Å²) in [5.41, 5.74) is 10.4. The van der Waals surface area contributed by atoms with Gasteiger partial charge in [-0.3, -0.25) is 9.69 Å². The molecule has 166 valence electrons. The Morgan fingerprint density at radius 2 is 1.22 bits per heavy atom. The van der Waals surface area contributed by atoms with Gasteiger partial charge in [0.1, 0.15) is 0 Å². The molecule has 0 heterocycles.